The number of carbonyl (C=O) groups is 2. The van der Waals surface area contributed by atoms with E-state index in [0.29, 0.717) is 13.2 Å². The average molecular weight is 446 g/mol. The normalized spacial score (nSPS) is 26.0. The zero-order valence-corrected chi connectivity index (χ0v) is 17.0. The summed E-state index contributed by atoms with van der Waals surface area (Å²) in [7, 11) is 0. The van der Waals surface area contributed by atoms with Crippen molar-refractivity contribution in [2.24, 2.45) is 0 Å². The Morgan fingerprint density at radius 1 is 1.13 bits per heavy atom. The smallest absolute Gasteiger partial charge is 0.475 e. The van der Waals surface area contributed by atoms with Crippen LogP contribution in [0.15, 0.2) is 12.1 Å². The summed E-state index contributed by atoms with van der Waals surface area (Å²) in [5.41, 5.74) is 0.918. The second-order valence-corrected chi connectivity index (χ2v) is 7.61. The molecule has 0 aromatic carbocycles. The van der Waals surface area contributed by atoms with Crippen LogP contribution in [0.4, 0.5) is 19.0 Å². The van der Waals surface area contributed by atoms with Gasteiger partial charge in [0.25, 0.3) is 5.91 Å². The van der Waals surface area contributed by atoms with Gasteiger partial charge in [0.05, 0.1) is 24.4 Å². The van der Waals surface area contributed by atoms with Crippen LogP contribution in [0.25, 0.3) is 0 Å². The van der Waals surface area contributed by atoms with Crippen LogP contribution in [0.1, 0.15) is 37.8 Å². The van der Waals surface area contributed by atoms with Gasteiger partial charge in [-0.3, -0.25) is 9.63 Å². The molecule has 0 unspecified atom stereocenters. The van der Waals surface area contributed by atoms with Crippen LogP contribution < -0.4 is 4.90 Å². The van der Waals surface area contributed by atoms with Crippen molar-refractivity contribution in [3.63, 3.8) is 0 Å². The molecule has 0 radical (unpaired) electrons. The van der Waals surface area contributed by atoms with Crippen LogP contribution in [-0.2, 0) is 19.2 Å². The number of amides is 1. The fraction of sp³-hybridized carbons (Fsp3) is 0.684. The number of fused-ring (bicyclic) bond motifs is 1. The third-order valence-electron chi connectivity index (χ3n) is 5.39. The molecule has 172 valence electrons. The highest BCUT2D eigenvalue weighted by Crippen LogP contribution is 2.34. The molecule has 9 nitrogen and oxygen atoms in total. The number of hydrogen-bond donors (Lipinski definition) is 1. The van der Waals surface area contributed by atoms with E-state index in [2.05, 4.69) is 15.1 Å². The van der Waals surface area contributed by atoms with Crippen LogP contribution in [0.3, 0.4) is 0 Å². The van der Waals surface area contributed by atoms with E-state index in [-0.39, 0.29) is 24.2 Å². The number of halogens is 3. The maximum atomic E-state index is 12.6. The molecule has 3 fully saturated rings. The Morgan fingerprint density at radius 3 is 2.45 bits per heavy atom. The largest absolute Gasteiger partial charge is 0.490 e. The second kappa shape index (κ2) is 9.77. The summed E-state index contributed by atoms with van der Waals surface area (Å²) >= 11 is 0. The summed E-state index contributed by atoms with van der Waals surface area (Å²) in [6, 6.07) is 4.29. The van der Waals surface area contributed by atoms with Gasteiger partial charge in [0.1, 0.15) is 6.10 Å². The van der Waals surface area contributed by atoms with Gasteiger partial charge in [-0.05, 0) is 51.2 Å². The SMILES string of the molecule is Cc1ccc(N2CC[C@H]3O[C@@H](C(=O)N4CCCCO4)CC[C@H]32)nn1.O=C(O)C(F)(F)F. The molecule has 3 aliphatic rings. The molecule has 0 spiro atoms. The summed E-state index contributed by atoms with van der Waals surface area (Å²) in [4.78, 5) is 29.2. The average Bonchev–Trinajstić information content (AvgIpc) is 3.17. The number of hydroxylamine groups is 2. The Hall–Kier alpha value is -2.47. The van der Waals surface area contributed by atoms with Gasteiger partial charge >= 0.3 is 12.1 Å². The molecule has 0 saturated carbocycles. The van der Waals surface area contributed by atoms with E-state index in [9.17, 15) is 18.0 Å². The molecule has 1 amide bonds. The zero-order chi connectivity index (χ0) is 22.6. The number of anilines is 1. The van der Waals surface area contributed by atoms with E-state index in [1.807, 2.05) is 19.1 Å². The molecule has 0 bridgehead atoms. The Bertz CT molecular complexity index is 771. The van der Waals surface area contributed by atoms with Gasteiger partial charge in [-0.2, -0.15) is 18.3 Å². The fourth-order valence-corrected chi connectivity index (χ4v) is 3.87. The first-order valence-corrected chi connectivity index (χ1v) is 10.1. The van der Waals surface area contributed by atoms with Crippen molar-refractivity contribution in [2.45, 2.75) is 63.5 Å². The molecule has 31 heavy (non-hydrogen) atoms. The third-order valence-corrected chi connectivity index (χ3v) is 5.39. The maximum absolute atomic E-state index is 12.6. The molecule has 3 saturated heterocycles. The lowest BCUT2D eigenvalue weighted by Crippen LogP contribution is -2.50. The predicted octanol–water partition coefficient (Wildman–Crippen LogP) is 2.10. The van der Waals surface area contributed by atoms with Gasteiger partial charge in [0, 0.05) is 13.1 Å². The summed E-state index contributed by atoms with van der Waals surface area (Å²) in [5, 5.41) is 17.1. The molecule has 0 aliphatic carbocycles. The topological polar surface area (TPSA) is 105 Å². The summed E-state index contributed by atoms with van der Waals surface area (Å²) in [6.07, 6.45) is -0.754. The summed E-state index contributed by atoms with van der Waals surface area (Å²) in [6.45, 7) is 4.14. The quantitative estimate of drug-likeness (QED) is 0.737. The van der Waals surface area contributed by atoms with Gasteiger partial charge in [0.15, 0.2) is 5.82 Å². The lowest BCUT2D eigenvalue weighted by molar-refractivity contribution is -0.212. The number of carboxylic acids is 1. The van der Waals surface area contributed by atoms with Crippen molar-refractivity contribution in [3.05, 3.63) is 17.8 Å². The number of ether oxygens (including phenoxy) is 1. The lowest BCUT2D eigenvalue weighted by atomic mass is 9.98. The highest BCUT2D eigenvalue weighted by molar-refractivity contribution is 5.80. The number of aryl methyl sites for hydroxylation is 1. The van der Waals surface area contributed by atoms with Gasteiger partial charge in [0.2, 0.25) is 0 Å². The molecule has 3 aliphatic heterocycles. The monoisotopic (exact) mass is 446 g/mol. The molecule has 1 N–H and O–H groups in total. The van der Waals surface area contributed by atoms with E-state index in [4.69, 9.17) is 19.5 Å². The highest BCUT2D eigenvalue weighted by Gasteiger charge is 2.43. The van der Waals surface area contributed by atoms with Gasteiger partial charge in [-0.25, -0.2) is 9.86 Å². The van der Waals surface area contributed by atoms with E-state index in [1.54, 1.807) is 0 Å². The number of alkyl halides is 3. The van der Waals surface area contributed by atoms with Gasteiger partial charge < -0.3 is 14.7 Å². The number of carbonyl (C=O) groups excluding carboxylic acids is 1. The molecular weight excluding hydrogens is 421 g/mol. The number of carboxylic acid groups (broad SMARTS) is 1. The minimum absolute atomic E-state index is 0.0123. The number of nitrogens with zero attached hydrogens (tertiary/aromatic N) is 4. The number of hydrogen-bond acceptors (Lipinski definition) is 7. The van der Waals surface area contributed by atoms with Crippen molar-refractivity contribution in [1.82, 2.24) is 15.3 Å². The Kier molecular flexibility index (Phi) is 7.31. The molecule has 4 rings (SSSR count). The standard InChI is InChI=1S/C17H24N4O3.C2HF3O2/c1-12-4-7-16(19-18-12)20-10-8-14-13(20)5-6-15(24-14)17(22)21-9-2-3-11-23-21;3-2(4,5)1(6)7/h4,7,13-15H,2-3,5-6,8-11H2,1H3;(H,6,7)/t13-,14-,15-;/m1./s1. The number of aliphatic carboxylic acids is 1. The minimum Gasteiger partial charge on any atom is -0.475 e. The summed E-state index contributed by atoms with van der Waals surface area (Å²) < 4.78 is 37.9. The Labute approximate surface area is 177 Å². The van der Waals surface area contributed by atoms with Gasteiger partial charge in [-0.1, -0.05) is 0 Å². The Balaban J connectivity index is 0.000000339. The van der Waals surface area contributed by atoms with E-state index in [0.717, 1.165) is 50.2 Å². The van der Waals surface area contributed by atoms with E-state index < -0.39 is 12.1 Å². The molecule has 12 heteroatoms. The van der Waals surface area contributed by atoms with Crippen molar-refractivity contribution < 1.29 is 37.4 Å². The minimum atomic E-state index is -5.08. The molecule has 1 aromatic heterocycles. The first-order chi connectivity index (χ1) is 14.7. The first-order valence-electron chi connectivity index (χ1n) is 10.1. The fourth-order valence-electron chi connectivity index (χ4n) is 3.87. The summed E-state index contributed by atoms with van der Waals surface area (Å²) in [5.74, 6) is -1.87. The molecule has 4 heterocycles. The van der Waals surface area contributed by atoms with Crippen LogP contribution in [0.2, 0.25) is 0 Å². The van der Waals surface area contributed by atoms with Crippen LogP contribution in [0, 0.1) is 6.92 Å². The van der Waals surface area contributed by atoms with Crippen molar-refractivity contribution in [1.29, 1.82) is 0 Å². The van der Waals surface area contributed by atoms with E-state index in [1.165, 1.54) is 5.06 Å². The first kappa shape index (κ1) is 23.2. The van der Waals surface area contributed by atoms with Crippen LogP contribution in [0.5, 0.6) is 0 Å². The van der Waals surface area contributed by atoms with Crippen molar-refractivity contribution in [3.8, 4) is 0 Å². The second-order valence-electron chi connectivity index (χ2n) is 7.61. The Morgan fingerprint density at radius 2 is 1.87 bits per heavy atom. The molecular formula is C19H25F3N4O5. The lowest BCUT2D eigenvalue weighted by Gasteiger charge is -2.37. The molecule has 3 atom stereocenters. The van der Waals surface area contributed by atoms with Crippen molar-refractivity contribution >= 4 is 17.7 Å². The van der Waals surface area contributed by atoms with Gasteiger partial charge in [-0.15, -0.1) is 5.10 Å². The van der Waals surface area contributed by atoms with Crippen molar-refractivity contribution in [2.75, 3.05) is 24.6 Å². The molecule has 1 aromatic rings. The van der Waals surface area contributed by atoms with Crippen LogP contribution >= 0.6 is 0 Å². The number of aromatic nitrogens is 2. The highest BCUT2D eigenvalue weighted by atomic mass is 19.4. The number of rotatable bonds is 2. The maximum Gasteiger partial charge on any atom is 0.490 e. The van der Waals surface area contributed by atoms with E-state index >= 15 is 0 Å². The van der Waals surface area contributed by atoms with Crippen LogP contribution in [-0.4, -0.2) is 76.4 Å². The third kappa shape index (κ3) is 5.82. The predicted molar refractivity (Wildman–Crippen MR) is 101 cm³/mol. The zero-order valence-electron chi connectivity index (χ0n) is 17.0.